The Kier molecular flexibility index (Phi) is 4.01. The second-order valence-electron chi connectivity index (χ2n) is 4.05. The Morgan fingerprint density at radius 3 is 2.84 bits per heavy atom. The van der Waals surface area contributed by atoms with Gasteiger partial charge in [0.1, 0.15) is 17.3 Å². The van der Waals surface area contributed by atoms with Gasteiger partial charge in [0.2, 0.25) is 5.78 Å². The van der Waals surface area contributed by atoms with E-state index in [1.54, 1.807) is 0 Å². The highest BCUT2D eigenvalue weighted by atomic mass is 32.1. The lowest BCUT2D eigenvalue weighted by Gasteiger charge is -2.04. The minimum atomic E-state index is -0.874. The maximum absolute atomic E-state index is 13.8. The van der Waals surface area contributed by atoms with Crippen LogP contribution in [0, 0.1) is 18.6 Å². The second-order valence-corrected chi connectivity index (χ2v) is 4.99. The molecule has 0 aliphatic heterocycles. The Morgan fingerprint density at radius 2 is 2.16 bits per heavy atom. The van der Waals surface area contributed by atoms with E-state index in [-0.39, 0.29) is 11.3 Å². The number of benzene rings is 1. The monoisotopic (exact) mass is 282 g/mol. The maximum Gasteiger partial charge on any atom is 0.218 e. The van der Waals surface area contributed by atoms with Crippen molar-refractivity contribution in [1.82, 2.24) is 4.98 Å². The zero-order valence-corrected chi connectivity index (χ0v) is 11.1. The molecule has 100 valence electrons. The molecule has 0 fully saturated rings. The molecule has 1 aromatic carbocycles. The van der Waals surface area contributed by atoms with Crippen LogP contribution in [0.4, 0.5) is 8.78 Å². The van der Waals surface area contributed by atoms with Gasteiger partial charge in [-0.05, 0) is 25.1 Å². The van der Waals surface area contributed by atoms with Crippen molar-refractivity contribution in [2.24, 2.45) is 5.73 Å². The molecule has 0 radical (unpaired) electrons. The van der Waals surface area contributed by atoms with Crippen LogP contribution >= 0.6 is 11.3 Å². The lowest BCUT2D eigenvalue weighted by molar-refractivity contribution is 0.102. The number of carbonyl (C=O) groups excluding carboxylic acids is 1. The molecule has 0 aliphatic rings. The molecule has 2 rings (SSSR count). The number of rotatable bonds is 4. The molecule has 0 aliphatic carbocycles. The van der Waals surface area contributed by atoms with E-state index in [0.29, 0.717) is 18.0 Å². The van der Waals surface area contributed by atoms with Gasteiger partial charge in [-0.15, -0.1) is 11.3 Å². The van der Waals surface area contributed by atoms with Crippen LogP contribution in [0.15, 0.2) is 17.5 Å². The summed E-state index contributed by atoms with van der Waals surface area (Å²) in [4.78, 5) is 16.1. The molecule has 2 N–H and O–H groups in total. The molecule has 0 saturated heterocycles. The van der Waals surface area contributed by atoms with E-state index >= 15 is 0 Å². The van der Waals surface area contributed by atoms with Gasteiger partial charge < -0.3 is 5.73 Å². The summed E-state index contributed by atoms with van der Waals surface area (Å²) >= 11 is 1.26. The number of aromatic nitrogens is 1. The number of nitrogens with two attached hydrogens (primary N) is 1. The van der Waals surface area contributed by atoms with Crippen LogP contribution in [0.3, 0.4) is 0 Å². The van der Waals surface area contributed by atoms with Crippen LogP contribution in [0.25, 0.3) is 0 Å². The van der Waals surface area contributed by atoms with Crippen molar-refractivity contribution in [3.05, 3.63) is 51.0 Å². The van der Waals surface area contributed by atoms with Crippen LogP contribution in [0.5, 0.6) is 0 Å². The lowest BCUT2D eigenvalue weighted by Crippen LogP contribution is -2.10. The van der Waals surface area contributed by atoms with Gasteiger partial charge in [0.15, 0.2) is 0 Å². The van der Waals surface area contributed by atoms with Crippen molar-refractivity contribution in [3.8, 4) is 0 Å². The third kappa shape index (κ3) is 2.69. The summed E-state index contributed by atoms with van der Waals surface area (Å²) in [6, 6.07) is 2.38. The Labute approximate surface area is 113 Å². The maximum atomic E-state index is 13.8. The zero-order valence-electron chi connectivity index (χ0n) is 10.2. The van der Waals surface area contributed by atoms with Crippen LogP contribution in [-0.4, -0.2) is 17.3 Å². The molecule has 2 aromatic rings. The highest BCUT2D eigenvalue weighted by molar-refractivity contribution is 7.09. The van der Waals surface area contributed by atoms with Gasteiger partial charge in [-0.25, -0.2) is 13.8 Å². The first-order valence-electron chi connectivity index (χ1n) is 5.68. The SMILES string of the molecule is Cc1ccc(F)c(C(=O)c2csc(CCN)n2)c1F. The van der Waals surface area contributed by atoms with Crippen LogP contribution in [0.2, 0.25) is 0 Å². The third-order valence-corrected chi connectivity index (χ3v) is 3.56. The first kappa shape index (κ1) is 13.8. The fourth-order valence-electron chi connectivity index (χ4n) is 1.65. The predicted molar refractivity (Wildman–Crippen MR) is 69.4 cm³/mol. The average Bonchev–Trinajstić information content (AvgIpc) is 2.83. The topological polar surface area (TPSA) is 56.0 Å². The van der Waals surface area contributed by atoms with E-state index in [2.05, 4.69) is 4.98 Å². The molecule has 0 amide bonds. The molecule has 0 bridgehead atoms. The molecule has 1 aromatic heterocycles. The fourth-order valence-corrected chi connectivity index (χ4v) is 2.44. The van der Waals surface area contributed by atoms with Crippen LogP contribution in [-0.2, 0) is 6.42 Å². The Balaban J connectivity index is 2.41. The number of aryl methyl sites for hydroxylation is 1. The highest BCUT2D eigenvalue weighted by Gasteiger charge is 2.22. The van der Waals surface area contributed by atoms with E-state index < -0.39 is 23.0 Å². The van der Waals surface area contributed by atoms with Crippen molar-refractivity contribution >= 4 is 17.1 Å². The zero-order chi connectivity index (χ0) is 14.0. The molecule has 6 heteroatoms. The summed E-state index contributed by atoms with van der Waals surface area (Å²) in [5, 5.41) is 2.17. The first-order valence-corrected chi connectivity index (χ1v) is 6.56. The van der Waals surface area contributed by atoms with Gasteiger partial charge in [0.05, 0.1) is 10.6 Å². The molecule has 3 nitrogen and oxygen atoms in total. The number of hydrogen-bond acceptors (Lipinski definition) is 4. The summed E-state index contributed by atoms with van der Waals surface area (Å²) in [5.74, 6) is -2.45. The van der Waals surface area contributed by atoms with Crippen molar-refractivity contribution in [2.45, 2.75) is 13.3 Å². The van der Waals surface area contributed by atoms with E-state index in [9.17, 15) is 13.6 Å². The summed E-state index contributed by atoms with van der Waals surface area (Å²) in [5.41, 5.74) is 5.11. The Bertz CT molecular complexity index is 625. The summed E-state index contributed by atoms with van der Waals surface area (Å²) in [6.45, 7) is 1.89. The Morgan fingerprint density at radius 1 is 1.42 bits per heavy atom. The number of nitrogens with zero attached hydrogens (tertiary/aromatic N) is 1. The second kappa shape index (κ2) is 5.54. The van der Waals surface area contributed by atoms with Crippen molar-refractivity contribution in [2.75, 3.05) is 6.54 Å². The number of hydrogen-bond donors (Lipinski definition) is 1. The molecule has 0 saturated carbocycles. The number of halogens is 2. The van der Waals surface area contributed by atoms with Crippen molar-refractivity contribution in [3.63, 3.8) is 0 Å². The van der Waals surface area contributed by atoms with E-state index in [0.717, 1.165) is 6.07 Å². The van der Waals surface area contributed by atoms with Gasteiger partial charge in [0, 0.05) is 11.8 Å². The molecule has 1 heterocycles. The molecular formula is C13H12F2N2OS. The summed E-state index contributed by atoms with van der Waals surface area (Å²) < 4.78 is 27.5. The molecule has 0 spiro atoms. The number of ketones is 1. The number of thiazole rings is 1. The smallest absolute Gasteiger partial charge is 0.218 e. The predicted octanol–water partition coefficient (Wildman–Crippen LogP) is 2.46. The number of carbonyl (C=O) groups is 1. The van der Waals surface area contributed by atoms with E-state index in [4.69, 9.17) is 5.73 Å². The van der Waals surface area contributed by atoms with Gasteiger partial charge in [-0.3, -0.25) is 4.79 Å². The molecule has 0 unspecified atom stereocenters. The van der Waals surface area contributed by atoms with Crippen LogP contribution < -0.4 is 5.73 Å². The molecule has 0 atom stereocenters. The van der Waals surface area contributed by atoms with Gasteiger partial charge >= 0.3 is 0 Å². The first-order chi connectivity index (χ1) is 9.04. The highest BCUT2D eigenvalue weighted by Crippen LogP contribution is 2.21. The largest absolute Gasteiger partial charge is 0.330 e. The van der Waals surface area contributed by atoms with E-state index in [1.165, 1.54) is 29.7 Å². The van der Waals surface area contributed by atoms with Crippen molar-refractivity contribution in [1.29, 1.82) is 0 Å². The fraction of sp³-hybridized carbons (Fsp3) is 0.231. The van der Waals surface area contributed by atoms with Crippen LogP contribution in [0.1, 0.15) is 26.6 Å². The Hall–Kier alpha value is -1.66. The minimum Gasteiger partial charge on any atom is -0.330 e. The summed E-state index contributed by atoms with van der Waals surface area (Å²) in [7, 11) is 0. The quantitative estimate of drug-likeness (QED) is 0.876. The third-order valence-electron chi connectivity index (χ3n) is 2.65. The van der Waals surface area contributed by atoms with Gasteiger partial charge in [-0.2, -0.15) is 0 Å². The van der Waals surface area contributed by atoms with Crippen molar-refractivity contribution < 1.29 is 13.6 Å². The average molecular weight is 282 g/mol. The summed E-state index contributed by atoms with van der Waals surface area (Å²) in [6.07, 6.45) is 0.538. The molecule has 19 heavy (non-hydrogen) atoms. The normalized spacial score (nSPS) is 10.7. The minimum absolute atomic E-state index is 0.0526. The van der Waals surface area contributed by atoms with E-state index in [1.807, 2.05) is 0 Å². The van der Waals surface area contributed by atoms with Gasteiger partial charge in [0.25, 0.3) is 0 Å². The molecular weight excluding hydrogens is 270 g/mol. The lowest BCUT2D eigenvalue weighted by atomic mass is 10.0. The van der Waals surface area contributed by atoms with Gasteiger partial charge in [-0.1, -0.05) is 6.07 Å². The standard InChI is InChI=1S/C13H12F2N2OS/c1-7-2-3-8(14)11(12(7)15)13(18)9-6-19-10(17-9)4-5-16/h2-3,6H,4-5,16H2,1H3.